The van der Waals surface area contributed by atoms with Crippen molar-refractivity contribution >= 4 is 12.0 Å². The molecule has 1 fully saturated rings. The summed E-state index contributed by atoms with van der Waals surface area (Å²) >= 11 is 0. The van der Waals surface area contributed by atoms with Crippen LogP contribution in [-0.4, -0.2) is 64.1 Å². The quantitative estimate of drug-likeness (QED) is 0.729. The first-order chi connectivity index (χ1) is 10.1. The van der Waals surface area contributed by atoms with Crippen LogP contribution in [0, 0.1) is 0 Å². The number of carbonyl (C=O) groups is 2. The molecule has 1 aromatic rings. The summed E-state index contributed by atoms with van der Waals surface area (Å²) in [5, 5.41) is 16.0. The van der Waals surface area contributed by atoms with Crippen LogP contribution in [0.2, 0.25) is 0 Å². The lowest BCUT2D eigenvalue weighted by Gasteiger charge is -2.21. The molecule has 2 rings (SSSR count). The van der Waals surface area contributed by atoms with Crippen LogP contribution in [0.1, 0.15) is 12.8 Å². The monoisotopic (exact) mass is 296 g/mol. The SMILES string of the molecule is COC1CC(C(=O)O)N(C(=O)NCCCn2cccn2)C1. The molecule has 2 unspecified atom stereocenters. The molecule has 21 heavy (non-hydrogen) atoms. The Kier molecular flexibility index (Phi) is 5.15. The van der Waals surface area contributed by atoms with Gasteiger partial charge in [-0.25, -0.2) is 9.59 Å². The molecule has 0 bridgehead atoms. The molecule has 1 saturated heterocycles. The topological polar surface area (TPSA) is 96.7 Å². The fourth-order valence-electron chi connectivity index (χ4n) is 2.40. The minimum absolute atomic E-state index is 0.221. The maximum absolute atomic E-state index is 12.1. The van der Waals surface area contributed by atoms with E-state index in [0.29, 0.717) is 26.1 Å². The van der Waals surface area contributed by atoms with Crippen LogP contribution in [0.15, 0.2) is 18.5 Å². The summed E-state index contributed by atoms with van der Waals surface area (Å²) in [6.07, 6.45) is 4.39. The summed E-state index contributed by atoms with van der Waals surface area (Å²) < 4.78 is 6.93. The average molecular weight is 296 g/mol. The molecule has 1 aliphatic rings. The zero-order valence-corrected chi connectivity index (χ0v) is 11.9. The lowest BCUT2D eigenvalue weighted by molar-refractivity contribution is -0.141. The summed E-state index contributed by atoms with van der Waals surface area (Å²) in [4.78, 5) is 24.6. The summed E-state index contributed by atoms with van der Waals surface area (Å²) in [6.45, 7) is 1.48. The van der Waals surface area contributed by atoms with Crippen LogP contribution in [0.4, 0.5) is 4.79 Å². The molecule has 2 amide bonds. The number of aryl methyl sites for hydroxylation is 1. The number of ether oxygens (including phenoxy) is 1. The second kappa shape index (κ2) is 7.07. The number of methoxy groups -OCH3 is 1. The van der Waals surface area contributed by atoms with Crippen molar-refractivity contribution < 1.29 is 19.4 Å². The van der Waals surface area contributed by atoms with E-state index in [2.05, 4.69) is 10.4 Å². The molecule has 0 aromatic carbocycles. The molecule has 8 nitrogen and oxygen atoms in total. The lowest BCUT2D eigenvalue weighted by atomic mass is 10.2. The number of carboxylic acid groups (broad SMARTS) is 1. The number of amides is 2. The third kappa shape index (κ3) is 3.94. The summed E-state index contributed by atoms with van der Waals surface area (Å²) in [7, 11) is 1.52. The number of carbonyl (C=O) groups excluding carboxylic acids is 1. The van der Waals surface area contributed by atoms with Gasteiger partial charge in [-0.2, -0.15) is 5.10 Å². The first-order valence-corrected chi connectivity index (χ1v) is 6.89. The number of nitrogens with one attached hydrogen (secondary N) is 1. The number of urea groups is 1. The van der Waals surface area contributed by atoms with Crippen LogP contribution < -0.4 is 5.32 Å². The molecule has 116 valence electrons. The Balaban J connectivity index is 1.77. The van der Waals surface area contributed by atoms with Crippen molar-refractivity contribution in [2.75, 3.05) is 20.2 Å². The van der Waals surface area contributed by atoms with E-state index in [-0.39, 0.29) is 12.1 Å². The van der Waals surface area contributed by atoms with Crippen molar-refractivity contribution in [2.24, 2.45) is 0 Å². The van der Waals surface area contributed by atoms with Gasteiger partial charge in [0, 0.05) is 45.6 Å². The Labute approximate surface area is 122 Å². The number of hydrogen-bond acceptors (Lipinski definition) is 4. The fourth-order valence-corrected chi connectivity index (χ4v) is 2.40. The molecule has 1 aromatic heterocycles. The zero-order valence-electron chi connectivity index (χ0n) is 11.9. The minimum Gasteiger partial charge on any atom is -0.480 e. The van der Waals surface area contributed by atoms with E-state index in [1.54, 1.807) is 10.9 Å². The van der Waals surface area contributed by atoms with Gasteiger partial charge < -0.3 is 20.1 Å². The van der Waals surface area contributed by atoms with Crippen molar-refractivity contribution in [3.8, 4) is 0 Å². The standard InChI is InChI=1S/C13H20N4O4/c1-21-10-8-11(12(18)19)17(9-10)13(20)14-4-2-6-16-7-3-5-15-16/h3,5,7,10-11H,2,4,6,8-9H2,1H3,(H,14,20)(H,18,19). The second-order valence-electron chi connectivity index (χ2n) is 4.95. The summed E-state index contributed by atoms with van der Waals surface area (Å²) in [6, 6.07) is 0.661. The van der Waals surface area contributed by atoms with Crippen LogP contribution in [0.5, 0.6) is 0 Å². The molecule has 0 aliphatic carbocycles. The maximum atomic E-state index is 12.1. The van der Waals surface area contributed by atoms with Crippen LogP contribution in [0.3, 0.4) is 0 Å². The van der Waals surface area contributed by atoms with Gasteiger partial charge in [-0.3, -0.25) is 4.68 Å². The van der Waals surface area contributed by atoms with Gasteiger partial charge in [0.2, 0.25) is 0 Å². The van der Waals surface area contributed by atoms with Crippen molar-refractivity contribution in [1.29, 1.82) is 0 Å². The predicted molar refractivity (Wildman–Crippen MR) is 73.8 cm³/mol. The van der Waals surface area contributed by atoms with E-state index in [1.807, 2.05) is 12.3 Å². The van der Waals surface area contributed by atoms with Crippen molar-refractivity contribution in [1.82, 2.24) is 20.0 Å². The third-order valence-electron chi connectivity index (χ3n) is 3.54. The van der Waals surface area contributed by atoms with Gasteiger partial charge in [-0.1, -0.05) is 0 Å². The van der Waals surface area contributed by atoms with E-state index >= 15 is 0 Å². The molecule has 1 aliphatic heterocycles. The van der Waals surface area contributed by atoms with E-state index < -0.39 is 12.0 Å². The molecule has 0 spiro atoms. The highest BCUT2D eigenvalue weighted by Gasteiger charge is 2.39. The van der Waals surface area contributed by atoms with E-state index in [9.17, 15) is 9.59 Å². The number of nitrogens with zero attached hydrogens (tertiary/aromatic N) is 3. The number of aliphatic carboxylic acids is 1. The first-order valence-electron chi connectivity index (χ1n) is 6.89. The Morgan fingerprint density at radius 2 is 2.33 bits per heavy atom. The third-order valence-corrected chi connectivity index (χ3v) is 3.54. The van der Waals surface area contributed by atoms with Gasteiger partial charge in [-0.15, -0.1) is 0 Å². The van der Waals surface area contributed by atoms with E-state index in [1.165, 1.54) is 12.0 Å². The Morgan fingerprint density at radius 3 is 2.95 bits per heavy atom. The molecular weight excluding hydrogens is 276 g/mol. The number of likely N-dealkylation sites (tertiary alicyclic amines) is 1. The Morgan fingerprint density at radius 1 is 1.52 bits per heavy atom. The van der Waals surface area contributed by atoms with E-state index in [4.69, 9.17) is 9.84 Å². The van der Waals surface area contributed by atoms with Crippen LogP contribution in [0.25, 0.3) is 0 Å². The minimum atomic E-state index is -0.999. The highest BCUT2D eigenvalue weighted by molar-refractivity contribution is 5.83. The van der Waals surface area contributed by atoms with Crippen molar-refractivity contribution in [3.63, 3.8) is 0 Å². The van der Waals surface area contributed by atoms with Gasteiger partial charge in [0.05, 0.1) is 6.10 Å². The largest absolute Gasteiger partial charge is 0.480 e. The van der Waals surface area contributed by atoms with Gasteiger partial charge in [0.1, 0.15) is 6.04 Å². The highest BCUT2D eigenvalue weighted by Crippen LogP contribution is 2.20. The average Bonchev–Trinajstić information content (AvgIpc) is 3.12. The van der Waals surface area contributed by atoms with Crippen molar-refractivity contribution in [3.05, 3.63) is 18.5 Å². The smallest absolute Gasteiger partial charge is 0.326 e. The number of rotatable bonds is 6. The fraction of sp³-hybridized carbons (Fsp3) is 0.615. The van der Waals surface area contributed by atoms with Gasteiger partial charge in [0.15, 0.2) is 0 Å². The Hall–Kier alpha value is -2.09. The summed E-state index contributed by atoms with van der Waals surface area (Å²) in [5.74, 6) is -0.999. The van der Waals surface area contributed by atoms with Crippen LogP contribution >= 0.6 is 0 Å². The lowest BCUT2D eigenvalue weighted by Crippen LogP contribution is -2.46. The van der Waals surface area contributed by atoms with Crippen LogP contribution in [-0.2, 0) is 16.1 Å². The van der Waals surface area contributed by atoms with E-state index in [0.717, 1.165) is 6.42 Å². The molecule has 8 heteroatoms. The number of aromatic nitrogens is 2. The van der Waals surface area contributed by atoms with Gasteiger partial charge in [0.25, 0.3) is 0 Å². The maximum Gasteiger partial charge on any atom is 0.326 e. The first kappa shape index (κ1) is 15.3. The number of carboxylic acids is 1. The van der Waals surface area contributed by atoms with Gasteiger partial charge in [-0.05, 0) is 12.5 Å². The van der Waals surface area contributed by atoms with Crippen molar-refractivity contribution in [2.45, 2.75) is 31.5 Å². The molecule has 0 radical (unpaired) electrons. The molecule has 2 atom stereocenters. The highest BCUT2D eigenvalue weighted by atomic mass is 16.5. The molecular formula is C13H20N4O4. The number of hydrogen-bond donors (Lipinski definition) is 2. The molecule has 0 saturated carbocycles. The zero-order chi connectivity index (χ0) is 15.2. The molecule has 2 N–H and O–H groups in total. The van der Waals surface area contributed by atoms with Gasteiger partial charge >= 0.3 is 12.0 Å². The predicted octanol–water partition coefficient (Wildman–Crippen LogP) is 0.157. The Bertz CT molecular complexity index is 477. The molecule has 2 heterocycles. The second-order valence-corrected chi connectivity index (χ2v) is 4.95. The normalized spacial score (nSPS) is 21.5. The summed E-state index contributed by atoms with van der Waals surface area (Å²) in [5.41, 5.74) is 0.